The van der Waals surface area contributed by atoms with Crippen LogP contribution in [0.1, 0.15) is 18.2 Å². The van der Waals surface area contributed by atoms with Crippen LogP contribution >= 0.6 is 35.3 Å². The van der Waals surface area contributed by atoms with Gasteiger partial charge in [-0.15, -0.1) is 23.7 Å². The molecule has 0 fully saturated rings. The molecule has 1 atom stereocenters. The molecular weight excluding hydrogens is 279 g/mol. The Morgan fingerprint density at radius 2 is 2.29 bits per heavy atom. The summed E-state index contributed by atoms with van der Waals surface area (Å²) in [6.07, 6.45) is 1.26. The number of carbonyl (C=O) groups is 1. The molecule has 1 aromatic rings. The van der Waals surface area contributed by atoms with Gasteiger partial charge in [0.25, 0.3) is 0 Å². The van der Waals surface area contributed by atoms with Gasteiger partial charge in [-0.05, 0) is 19.4 Å². The molecule has 0 aliphatic carbocycles. The van der Waals surface area contributed by atoms with Gasteiger partial charge < -0.3 is 10.6 Å². The van der Waals surface area contributed by atoms with Crippen LogP contribution in [-0.4, -0.2) is 30.4 Å². The Morgan fingerprint density at radius 3 is 2.76 bits per heavy atom. The lowest BCUT2D eigenvalue weighted by Crippen LogP contribution is -2.39. The zero-order valence-corrected chi connectivity index (χ0v) is 12.4. The zero-order chi connectivity index (χ0) is 12.1. The van der Waals surface area contributed by atoms with Crippen LogP contribution in [0.4, 0.5) is 0 Å². The third-order valence-electron chi connectivity index (χ3n) is 2.60. The number of hydrogen-bond acceptors (Lipinski definition) is 3. The van der Waals surface area contributed by atoms with E-state index in [1.54, 1.807) is 23.3 Å². The van der Waals surface area contributed by atoms with E-state index in [9.17, 15) is 4.79 Å². The van der Waals surface area contributed by atoms with Crippen molar-refractivity contribution >= 4 is 41.3 Å². The molecule has 1 amide bonds. The van der Waals surface area contributed by atoms with Gasteiger partial charge in [-0.3, -0.25) is 4.79 Å². The summed E-state index contributed by atoms with van der Waals surface area (Å²) >= 11 is 7.40. The van der Waals surface area contributed by atoms with Crippen LogP contribution in [0.3, 0.4) is 0 Å². The molecule has 0 saturated heterocycles. The van der Waals surface area contributed by atoms with E-state index in [-0.39, 0.29) is 24.4 Å². The fourth-order valence-corrected chi connectivity index (χ4v) is 2.37. The quantitative estimate of drug-likeness (QED) is 0.908. The predicted molar refractivity (Wildman–Crippen MR) is 76.2 cm³/mol. The van der Waals surface area contributed by atoms with E-state index in [0.29, 0.717) is 13.0 Å². The predicted octanol–water partition coefficient (Wildman–Crippen LogP) is 2.56. The van der Waals surface area contributed by atoms with Crippen molar-refractivity contribution in [3.63, 3.8) is 0 Å². The molecule has 0 aliphatic heterocycles. The van der Waals surface area contributed by atoms with Crippen LogP contribution in [0.5, 0.6) is 0 Å². The summed E-state index contributed by atoms with van der Waals surface area (Å²) in [5.41, 5.74) is 5.51. The van der Waals surface area contributed by atoms with Gasteiger partial charge >= 0.3 is 0 Å². The molecule has 6 heteroatoms. The van der Waals surface area contributed by atoms with Crippen LogP contribution in [0.25, 0.3) is 0 Å². The number of halogens is 2. The number of nitrogens with zero attached hydrogens (tertiary/aromatic N) is 1. The minimum atomic E-state index is 0. The van der Waals surface area contributed by atoms with Gasteiger partial charge in [-0.2, -0.15) is 0 Å². The first kappa shape index (κ1) is 16.7. The van der Waals surface area contributed by atoms with Crippen molar-refractivity contribution in [2.75, 3.05) is 13.6 Å². The highest BCUT2D eigenvalue weighted by Gasteiger charge is 2.14. The second kappa shape index (κ2) is 7.93. The standard InChI is InChI=1S/C11H17ClN2OS.ClH/c1-8(6-13)14(2)11(15)4-3-10-5-9(12)7-16-10;/h5,7-8H,3-4,6,13H2,1-2H3;1H. The van der Waals surface area contributed by atoms with Crippen LogP contribution in [0, 0.1) is 0 Å². The van der Waals surface area contributed by atoms with E-state index in [2.05, 4.69) is 0 Å². The highest BCUT2D eigenvalue weighted by molar-refractivity contribution is 7.10. The number of amides is 1. The molecule has 0 spiro atoms. The molecule has 0 radical (unpaired) electrons. The average Bonchev–Trinajstić information content (AvgIpc) is 2.69. The van der Waals surface area contributed by atoms with Crippen LogP contribution < -0.4 is 5.73 Å². The van der Waals surface area contributed by atoms with E-state index >= 15 is 0 Å². The van der Waals surface area contributed by atoms with Crippen molar-refractivity contribution < 1.29 is 4.79 Å². The molecular formula is C11H18Cl2N2OS. The summed E-state index contributed by atoms with van der Waals surface area (Å²) < 4.78 is 0. The number of hydrogen-bond donors (Lipinski definition) is 1. The number of aryl methyl sites for hydroxylation is 1. The Morgan fingerprint density at radius 1 is 1.65 bits per heavy atom. The van der Waals surface area contributed by atoms with E-state index in [1.807, 2.05) is 18.4 Å². The Labute approximate surface area is 117 Å². The lowest BCUT2D eigenvalue weighted by molar-refractivity contribution is -0.131. The Kier molecular flexibility index (Phi) is 7.79. The molecule has 0 bridgehead atoms. The molecule has 1 heterocycles. The molecule has 0 saturated carbocycles. The topological polar surface area (TPSA) is 46.3 Å². The van der Waals surface area contributed by atoms with Gasteiger partial charge in [0.15, 0.2) is 0 Å². The van der Waals surface area contributed by atoms with Crippen LogP contribution in [-0.2, 0) is 11.2 Å². The van der Waals surface area contributed by atoms with Crippen molar-refractivity contribution in [1.82, 2.24) is 4.90 Å². The first-order valence-electron chi connectivity index (χ1n) is 5.23. The highest BCUT2D eigenvalue weighted by Crippen LogP contribution is 2.20. The summed E-state index contributed by atoms with van der Waals surface area (Å²) in [6, 6.07) is 2.01. The fourth-order valence-electron chi connectivity index (χ4n) is 1.30. The third-order valence-corrected chi connectivity index (χ3v) is 3.95. The molecule has 1 rings (SSSR count). The average molecular weight is 297 g/mol. The van der Waals surface area contributed by atoms with Gasteiger partial charge in [-0.25, -0.2) is 0 Å². The maximum absolute atomic E-state index is 11.8. The number of likely N-dealkylation sites (N-methyl/N-ethyl adjacent to an activating group) is 1. The number of nitrogens with two attached hydrogens (primary N) is 1. The normalized spacial score (nSPS) is 11.8. The highest BCUT2D eigenvalue weighted by atomic mass is 35.5. The molecule has 3 nitrogen and oxygen atoms in total. The number of rotatable bonds is 5. The first-order valence-corrected chi connectivity index (χ1v) is 6.49. The molecule has 98 valence electrons. The van der Waals surface area contributed by atoms with Crippen molar-refractivity contribution in [1.29, 1.82) is 0 Å². The Balaban J connectivity index is 0.00000256. The second-order valence-corrected chi connectivity index (χ2v) is 5.25. The summed E-state index contributed by atoms with van der Waals surface area (Å²) in [7, 11) is 1.79. The fraction of sp³-hybridized carbons (Fsp3) is 0.545. The smallest absolute Gasteiger partial charge is 0.222 e. The number of thiophene rings is 1. The Hall–Kier alpha value is -0.290. The van der Waals surface area contributed by atoms with E-state index in [1.165, 1.54) is 0 Å². The van der Waals surface area contributed by atoms with Gasteiger partial charge in [0.05, 0.1) is 5.02 Å². The van der Waals surface area contributed by atoms with Crippen molar-refractivity contribution in [2.45, 2.75) is 25.8 Å². The largest absolute Gasteiger partial charge is 0.342 e. The lowest BCUT2D eigenvalue weighted by atomic mass is 10.2. The van der Waals surface area contributed by atoms with E-state index in [0.717, 1.165) is 16.3 Å². The maximum Gasteiger partial charge on any atom is 0.222 e. The SMILES string of the molecule is CC(CN)N(C)C(=O)CCc1cc(Cl)cs1.Cl. The molecule has 17 heavy (non-hydrogen) atoms. The second-order valence-electron chi connectivity index (χ2n) is 3.82. The minimum Gasteiger partial charge on any atom is -0.342 e. The van der Waals surface area contributed by atoms with Crippen molar-refractivity contribution in [3.8, 4) is 0 Å². The summed E-state index contributed by atoms with van der Waals surface area (Å²) in [5.74, 6) is 0.127. The van der Waals surface area contributed by atoms with Gasteiger partial charge in [0.1, 0.15) is 0 Å². The Bertz CT molecular complexity index is 357. The zero-order valence-electron chi connectivity index (χ0n) is 9.98. The van der Waals surface area contributed by atoms with E-state index < -0.39 is 0 Å². The molecule has 2 N–H and O–H groups in total. The van der Waals surface area contributed by atoms with Gasteiger partial charge in [0, 0.05) is 36.3 Å². The first-order chi connectivity index (χ1) is 7.54. The van der Waals surface area contributed by atoms with Crippen LogP contribution in [0.15, 0.2) is 11.4 Å². The monoisotopic (exact) mass is 296 g/mol. The summed E-state index contributed by atoms with van der Waals surface area (Å²) in [5, 5.41) is 2.63. The van der Waals surface area contributed by atoms with Gasteiger partial charge in [0.2, 0.25) is 5.91 Å². The van der Waals surface area contributed by atoms with Crippen LogP contribution in [0.2, 0.25) is 5.02 Å². The third kappa shape index (κ3) is 5.25. The molecule has 0 aliphatic rings. The van der Waals surface area contributed by atoms with Crippen molar-refractivity contribution in [3.05, 3.63) is 21.3 Å². The summed E-state index contributed by atoms with van der Waals surface area (Å²) in [6.45, 7) is 2.44. The number of carbonyl (C=O) groups excluding carboxylic acids is 1. The van der Waals surface area contributed by atoms with Gasteiger partial charge in [-0.1, -0.05) is 11.6 Å². The molecule has 1 unspecified atom stereocenters. The lowest BCUT2D eigenvalue weighted by Gasteiger charge is -2.23. The molecule has 0 aromatic carbocycles. The maximum atomic E-state index is 11.8. The van der Waals surface area contributed by atoms with Crippen molar-refractivity contribution in [2.24, 2.45) is 5.73 Å². The minimum absolute atomic E-state index is 0. The van der Waals surface area contributed by atoms with E-state index in [4.69, 9.17) is 17.3 Å². The summed E-state index contributed by atoms with van der Waals surface area (Å²) in [4.78, 5) is 14.6. The molecule has 1 aromatic heterocycles.